The van der Waals surface area contributed by atoms with E-state index < -0.39 is 21.1 Å². The zero-order valence-electron chi connectivity index (χ0n) is 11.8. The molecule has 0 fully saturated rings. The van der Waals surface area contributed by atoms with E-state index in [0.29, 0.717) is 12.0 Å². The fourth-order valence-electron chi connectivity index (χ4n) is 1.97. The quantitative estimate of drug-likeness (QED) is 0.769. The highest BCUT2D eigenvalue weighted by Crippen LogP contribution is 2.17. The molecular weight excluding hydrogens is 278 g/mol. The summed E-state index contributed by atoms with van der Waals surface area (Å²) in [6, 6.07) is 7.01. The van der Waals surface area contributed by atoms with Gasteiger partial charge in [-0.25, -0.2) is 8.42 Å². The van der Waals surface area contributed by atoms with Crippen molar-refractivity contribution in [2.75, 3.05) is 11.9 Å². The molecule has 0 bridgehead atoms. The van der Waals surface area contributed by atoms with Crippen LogP contribution in [-0.2, 0) is 20.4 Å². The van der Waals surface area contributed by atoms with Crippen molar-refractivity contribution < 1.29 is 18.3 Å². The van der Waals surface area contributed by atoms with Gasteiger partial charge in [0, 0.05) is 12.2 Å². The van der Waals surface area contributed by atoms with Crippen LogP contribution in [0, 0.1) is 0 Å². The Hall–Kier alpha value is -1.56. The second-order valence-electron chi connectivity index (χ2n) is 4.65. The van der Waals surface area contributed by atoms with Gasteiger partial charge in [-0.3, -0.25) is 4.79 Å². The van der Waals surface area contributed by atoms with Crippen LogP contribution in [0.2, 0.25) is 0 Å². The zero-order valence-corrected chi connectivity index (χ0v) is 12.6. The molecule has 0 aliphatic carbocycles. The van der Waals surface area contributed by atoms with Crippen molar-refractivity contribution in [3.63, 3.8) is 0 Å². The molecule has 0 spiro atoms. The van der Waals surface area contributed by atoms with E-state index in [0.717, 1.165) is 12.2 Å². The molecule has 20 heavy (non-hydrogen) atoms. The third-order valence-electron chi connectivity index (χ3n) is 2.96. The number of nitrogens with one attached hydrogen (secondary N) is 1. The summed E-state index contributed by atoms with van der Waals surface area (Å²) in [5.74, 6) is -1.51. The van der Waals surface area contributed by atoms with Crippen LogP contribution in [0.4, 0.5) is 5.69 Å². The van der Waals surface area contributed by atoms with Crippen LogP contribution in [0.1, 0.15) is 32.3 Å². The van der Waals surface area contributed by atoms with Crippen LogP contribution in [0.25, 0.3) is 0 Å². The average Bonchev–Trinajstić information content (AvgIpc) is 2.37. The van der Waals surface area contributed by atoms with Gasteiger partial charge >= 0.3 is 5.97 Å². The van der Waals surface area contributed by atoms with Crippen molar-refractivity contribution >= 4 is 21.5 Å². The number of rotatable bonds is 8. The van der Waals surface area contributed by atoms with Crippen LogP contribution in [0.3, 0.4) is 0 Å². The minimum absolute atomic E-state index is 0.146. The largest absolute Gasteiger partial charge is 0.480 e. The molecule has 5 nitrogen and oxygen atoms in total. The fraction of sp³-hybridized carbons (Fsp3) is 0.500. The van der Waals surface area contributed by atoms with E-state index in [4.69, 9.17) is 5.11 Å². The topological polar surface area (TPSA) is 83.5 Å². The summed E-state index contributed by atoms with van der Waals surface area (Å²) >= 11 is 0. The maximum absolute atomic E-state index is 12.1. The zero-order chi connectivity index (χ0) is 15.2. The lowest BCUT2D eigenvalue weighted by Crippen LogP contribution is -2.31. The van der Waals surface area contributed by atoms with Crippen LogP contribution in [-0.4, -0.2) is 31.3 Å². The van der Waals surface area contributed by atoms with Crippen LogP contribution in [0.5, 0.6) is 0 Å². The molecule has 0 amide bonds. The Balaban J connectivity index is 2.86. The van der Waals surface area contributed by atoms with E-state index in [2.05, 4.69) is 5.32 Å². The molecule has 1 atom stereocenters. The van der Waals surface area contributed by atoms with Gasteiger partial charge in [0.05, 0.1) is 5.75 Å². The Morgan fingerprint density at radius 2 is 1.85 bits per heavy atom. The van der Waals surface area contributed by atoms with Gasteiger partial charge in [0.2, 0.25) is 0 Å². The summed E-state index contributed by atoms with van der Waals surface area (Å²) in [6.07, 6.45) is 0.669. The first-order valence-corrected chi connectivity index (χ1v) is 8.39. The molecule has 112 valence electrons. The van der Waals surface area contributed by atoms with Crippen LogP contribution >= 0.6 is 0 Å². The summed E-state index contributed by atoms with van der Waals surface area (Å²) < 4.78 is 24.3. The van der Waals surface area contributed by atoms with Crippen molar-refractivity contribution in [2.24, 2.45) is 0 Å². The molecule has 0 aromatic heterocycles. The van der Waals surface area contributed by atoms with Gasteiger partial charge in [-0.2, -0.15) is 0 Å². The summed E-state index contributed by atoms with van der Waals surface area (Å²) in [6.45, 7) is 4.53. The highest BCUT2D eigenvalue weighted by atomic mass is 32.2. The highest BCUT2D eigenvalue weighted by Gasteiger charge is 2.31. The van der Waals surface area contributed by atoms with Crippen molar-refractivity contribution in [3.05, 3.63) is 29.8 Å². The smallest absolute Gasteiger partial charge is 0.321 e. The average molecular weight is 299 g/mol. The second kappa shape index (κ2) is 7.28. The molecule has 0 saturated heterocycles. The van der Waals surface area contributed by atoms with Crippen LogP contribution < -0.4 is 5.32 Å². The molecule has 0 aliphatic heterocycles. The van der Waals surface area contributed by atoms with Gasteiger partial charge in [-0.15, -0.1) is 0 Å². The van der Waals surface area contributed by atoms with Gasteiger partial charge in [-0.05, 0) is 31.0 Å². The number of hydrogen-bond donors (Lipinski definition) is 2. The number of hydrogen-bond acceptors (Lipinski definition) is 4. The standard InChI is InChI=1S/C14H21NO4S/c1-3-5-13(14(16)17)20(18,19)10-11-6-8-12(9-7-11)15-4-2/h6-9,13,15H,3-5,10H2,1-2H3,(H,16,17). The van der Waals surface area contributed by atoms with E-state index in [1.54, 1.807) is 31.2 Å². The lowest BCUT2D eigenvalue weighted by atomic mass is 10.2. The van der Waals surface area contributed by atoms with E-state index >= 15 is 0 Å². The van der Waals surface area contributed by atoms with E-state index in [-0.39, 0.29) is 12.2 Å². The Bertz CT molecular complexity index is 537. The summed E-state index contributed by atoms with van der Waals surface area (Å²) in [5, 5.41) is 10.8. The lowest BCUT2D eigenvalue weighted by molar-refractivity contribution is -0.136. The first-order chi connectivity index (χ1) is 9.40. The first-order valence-electron chi connectivity index (χ1n) is 6.68. The second-order valence-corrected chi connectivity index (χ2v) is 6.83. The molecule has 1 rings (SSSR count). The number of sulfone groups is 1. The predicted octanol–water partition coefficient (Wildman–Crippen LogP) is 2.29. The van der Waals surface area contributed by atoms with Gasteiger partial charge in [0.15, 0.2) is 15.1 Å². The Morgan fingerprint density at radius 1 is 1.25 bits per heavy atom. The number of aliphatic carboxylic acids is 1. The first kappa shape index (κ1) is 16.5. The molecule has 1 unspecified atom stereocenters. The van der Waals surface area contributed by atoms with E-state index in [9.17, 15) is 13.2 Å². The lowest BCUT2D eigenvalue weighted by Gasteiger charge is -2.13. The SMILES string of the molecule is CCCC(C(=O)O)S(=O)(=O)Cc1ccc(NCC)cc1. The van der Waals surface area contributed by atoms with Crippen molar-refractivity contribution in [1.82, 2.24) is 0 Å². The molecule has 1 aromatic rings. The van der Waals surface area contributed by atoms with Crippen molar-refractivity contribution in [1.29, 1.82) is 0 Å². The monoisotopic (exact) mass is 299 g/mol. The number of carboxylic acids is 1. The van der Waals surface area contributed by atoms with Crippen molar-refractivity contribution in [2.45, 2.75) is 37.7 Å². The molecule has 6 heteroatoms. The highest BCUT2D eigenvalue weighted by molar-refractivity contribution is 7.92. The number of carbonyl (C=O) groups is 1. The predicted molar refractivity (Wildman–Crippen MR) is 79.6 cm³/mol. The summed E-state index contributed by atoms with van der Waals surface area (Å²) in [5.41, 5.74) is 1.52. The molecule has 2 N–H and O–H groups in total. The fourth-order valence-corrected chi connectivity index (χ4v) is 3.73. The van der Waals surface area contributed by atoms with Gasteiger partial charge in [-0.1, -0.05) is 25.5 Å². The van der Waals surface area contributed by atoms with Crippen LogP contribution in [0.15, 0.2) is 24.3 Å². The minimum atomic E-state index is -3.68. The Labute approximate surface area is 119 Å². The Kier molecular flexibility index (Phi) is 6.01. The Morgan fingerprint density at radius 3 is 2.30 bits per heavy atom. The number of anilines is 1. The molecule has 1 aromatic carbocycles. The summed E-state index contributed by atoms with van der Waals surface area (Å²) in [7, 11) is -3.68. The molecule has 0 heterocycles. The van der Waals surface area contributed by atoms with Gasteiger partial charge in [0.25, 0.3) is 0 Å². The molecule has 0 saturated carbocycles. The third-order valence-corrected chi connectivity index (χ3v) is 5.00. The number of benzene rings is 1. The summed E-state index contributed by atoms with van der Waals surface area (Å²) in [4.78, 5) is 11.1. The molecule has 0 aliphatic rings. The van der Waals surface area contributed by atoms with Gasteiger partial charge in [0.1, 0.15) is 0 Å². The van der Waals surface area contributed by atoms with E-state index in [1.165, 1.54) is 0 Å². The minimum Gasteiger partial charge on any atom is -0.480 e. The van der Waals surface area contributed by atoms with E-state index in [1.807, 2.05) is 6.92 Å². The third kappa shape index (κ3) is 4.52. The molecule has 0 radical (unpaired) electrons. The maximum Gasteiger partial charge on any atom is 0.321 e. The number of carboxylic acid groups (broad SMARTS) is 1. The maximum atomic E-state index is 12.1. The molecular formula is C14H21NO4S. The van der Waals surface area contributed by atoms with Gasteiger partial charge < -0.3 is 10.4 Å². The van der Waals surface area contributed by atoms with Crippen molar-refractivity contribution in [3.8, 4) is 0 Å². The normalized spacial score (nSPS) is 12.9.